The van der Waals surface area contributed by atoms with Crippen molar-refractivity contribution in [1.29, 1.82) is 0 Å². The van der Waals surface area contributed by atoms with Crippen LogP contribution in [-0.2, 0) is 19.3 Å². The van der Waals surface area contributed by atoms with Gasteiger partial charge >= 0.3 is 7.12 Å². The second-order valence-corrected chi connectivity index (χ2v) is 11.3. The summed E-state index contributed by atoms with van der Waals surface area (Å²) in [6.07, 6.45) is 0. The lowest BCUT2D eigenvalue weighted by molar-refractivity contribution is 0.00578. The fourth-order valence-electron chi connectivity index (χ4n) is 2.42. The van der Waals surface area contributed by atoms with Crippen LogP contribution in [0.15, 0.2) is 38.3 Å². The average molecular weight is 462 g/mol. The maximum Gasteiger partial charge on any atom is 0.497 e. The van der Waals surface area contributed by atoms with Crippen LogP contribution in [0.25, 0.3) is 0 Å². The second-order valence-electron chi connectivity index (χ2n) is 6.96. The predicted molar refractivity (Wildman–Crippen MR) is 105 cm³/mol. The van der Waals surface area contributed by atoms with Gasteiger partial charge in [-0.1, -0.05) is 12.1 Å². The van der Waals surface area contributed by atoms with Crippen LogP contribution >= 0.6 is 27.3 Å². The molecule has 5 nitrogen and oxygen atoms in total. The lowest BCUT2D eigenvalue weighted by atomic mass is 9.78. The van der Waals surface area contributed by atoms with Gasteiger partial charge in [0.25, 0.3) is 10.0 Å². The number of halogens is 2. The summed E-state index contributed by atoms with van der Waals surface area (Å²) < 4.78 is 54.7. The molecule has 1 fully saturated rings. The summed E-state index contributed by atoms with van der Waals surface area (Å²) in [6, 6.07) is 7.52. The molecule has 1 aromatic heterocycles. The van der Waals surface area contributed by atoms with E-state index in [-0.39, 0.29) is 15.4 Å². The molecule has 0 unspecified atom stereocenters. The largest absolute Gasteiger partial charge is 0.497 e. The number of hydrogen-bond donors (Lipinski definition) is 1. The molecule has 0 radical (unpaired) electrons. The maximum absolute atomic E-state index is 15.0. The number of anilines is 1. The molecule has 0 atom stereocenters. The molecule has 2 heterocycles. The van der Waals surface area contributed by atoms with E-state index in [0.29, 0.717) is 3.79 Å². The highest BCUT2D eigenvalue weighted by molar-refractivity contribution is 9.11. The monoisotopic (exact) mass is 461 g/mol. The molecule has 26 heavy (non-hydrogen) atoms. The molecule has 0 saturated carbocycles. The third-order valence-corrected chi connectivity index (χ3v) is 8.07. The summed E-state index contributed by atoms with van der Waals surface area (Å²) in [5, 5.41) is 0. The van der Waals surface area contributed by atoms with Crippen molar-refractivity contribution in [2.24, 2.45) is 0 Å². The van der Waals surface area contributed by atoms with E-state index in [2.05, 4.69) is 20.7 Å². The number of rotatable bonds is 4. The third-order valence-electron chi connectivity index (χ3n) is 4.59. The molecule has 10 heteroatoms. The van der Waals surface area contributed by atoms with Crippen molar-refractivity contribution in [3.8, 4) is 0 Å². The quantitative estimate of drug-likeness (QED) is 0.704. The molecular weight excluding hydrogens is 444 g/mol. The first-order valence-corrected chi connectivity index (χ1v) is 10.9. The van der Waals surface area contributed by atoms with Crippen molar-refractivity contribution in [3.05, 3.63) is 39.9 Å². The fraction of sp³-hybridized carbons (Fsp3) is 0.375. The summed E-state index contributed by atoms with van der Waals surface area (Å²) >= 11 is 4.26. The summed E-state index contributed by atoms with van der Waals surface area (Å²) in [4.78, 5) is 0. The number of benzene rings is 1. The normalized spacial score (nSPS) is 18.9. The van der Waals surface area contributed by atoms with E-state index < -0.39 is 34.2 Å². The Hall–Kier alpha value is -0.935. The van der Waals surface area contributed by atoms with Gasteiger partial charge in [0.1, 0.15) is 10.0 Å². The Morgan fingerprint density at radius 2 is 1.73 bits per heavy atom. The van der Waals surface area contributed by atoms with E-state index in [4.69, 9.17) is 9.31 Å². The van der Waals surface area contributed by atoms with Crippen molar-refractivity contribution in [2.75, 3.05) is 4.72 Å². The van der Waals surface area contributed by atoms with Crippen molar-refractivity contribution in [2.45, 2.75) is 43.1 Å². The van der Waals surface area contributed by atoms with E-state index in [9.17, 15) is 12.8 Å². The Labute approximate surface area is 165 Å². The van der Waals surface area contributed by atoms with Gasteiger partial charge in [-0.15, -0.1) is 11.3 Å². The molecule has 1 aliphatic rings. The molecular formula is C16H18BBrFNO4S2. The summed E-state index contributed by atoms with van der Waals surface area (Å²) in [5.41, 5.74) is -1.25. The van der Waals surface area contributed by atoms with Crippen molar-refractivity contribution < 1.29 is 22.1 Å². The smallest absolute Gasteiger partial charge is 0.399 e. The number of nitrogens with one attached hydrogen (secondary N) is 1. The van der Waals surface area contributed by atoms with E-state index in [1.54, 1.807) is 12.1 Å². The van der Waals surface area contributed by atoms with Crippen LogP contribution in [-0.4, -0.2) is 26.7 Å². The molecule has 0 amide bonds. The standard InChI is InChI=1S/C16H18BBrFNO4S2/c1-15(2)16(3,4)24-17(23-15)10-6-5-7-11(14(10)19)20-26(21,22)13-9-8-12(18)25-13/h5-9,20H,1-4H3. The first kappa shape index (κ1) is 19.8. The van der Waals surface area contributed by atoms with Gasteiger partial charge in [0, 0.05) is 5.46 Å². The van der Waals surface area contributed by atoms with E-state index in [1.807, 2.05) is 27.7 Å². The number of sulfonamides is 1. The molecule has 140 valence electrons. The van der Waals surface area contributed by atoms with Crippen LogP contribution in [0.2, 0.25) is 0 Å². The summed E-state index contributed by atoms with van der Waals surface area (Å²) in [6.45, 7) is 7.47. The van der Waals surface area contributed by atoms with Gasteiger partial charge in [0.15, 0.2) is 0 Å². The highest BCUT2D eigenvalue weighted by Gasteiger charge is 2.52. The zero-order valence-corrected chi connectivity index (χ0v) is 17.9. The Kier molecular flexibility index (Phi) is 5.03. The first-order chi connectivity index (χ1) is 11.9. The molecule has 1 saturated heterocycles. The third kappa shape index (κ3) is 3.57. The molecule has 0 aliphatic carbocycles. The first-order valence-electron chi connectivity index (χ1n) is 7.85. The number of thiophene rings is 1. The molecule has 1 aromatic carbocycles. The molecule has 0 spiro atoms. The Bertz CT molecular complexity index is 929. The fourth-order valence-corrected chi connectivity index (χ4v) is 5.49. The highest BCUT2D eigenvalue weighted by Crippen LogP contribution is 2.37. The minimum Gasteiger partial charge on any atom is -0.399 e. The zero-order chi connectivity index (χ0) is 19.3. The predicted octanol–water partition coefficient (Wildman–Crippen LogP) is 3.75. The zero-order valence-electron chi connectivity index (χ0n) is 14.7. The van der Waals surface area contributed by atoms with Gasteiger partial charge in [-0.05, 0) is 61.8 Å². The minimum absolute atomic E-state index is 0.0878. The minimum atomic E-state index is -3.88. The molecule has 1 N–H and O–H groups in total. The van der Waals surface area contributed by atoms with Crippen molar-refractivity contribution in [1.82, 2.24) is 0 Å². The molecule has 3 rings (SSSR count). The van der Waals surface area contributed by atoms with Gasteiger partial charge in [0.05, 0.1) is 20.7 Å². The lowest BCUT2D eigenvalue weighted by Gasteiger charge is -2.32. The number of hydrogen-bond acceptors (Lipinski definition) is 5. The molecule has 1 aliphatic heterocycles. The SMILES string of the molecule is CC1(C)OB(c2cccc(NS(=O)(=O)c3ccc(Br)s3)c2F)OC1(C)C. The Morgan fingerprint density at radius 3 is 2.27 bits per heavy atom. The van der Waals surface area contributed by atoms with Crippen LogP contribution in [0.5, 0.6) is 0 Å². The van der Waals surface area contributed by atoms with Gasteiger partial charge in [0.2, 0.25) is 0 Å². The highest BCUT2D eigenvalue weighted by atomic mass is 79.9. The van der Waals surface area contributed by atoms with Crippen LogP contribution in [0.3, 0.4) is 0 Å². The topological polar surface area (TPSA) is 64.6 Å². The average Bonchev–Trinajstić information content (AvgIpc) is 3.03. The van der Waals surface area contributed by atoms with Gasteiger partial charge in [-0.3, -0.25) is 4.72 Å². The van der Waals surface area contributed by atoms with E-state index in [1.165, 1.54) is 18.2 Å². The van der Waals surface area contributed by atoms with E-state index >= 15 is 0 Å². The van der Waals surface area contributed by atoms with Gasteiger partial charge in [-0.25, -0.2) is 12.8 Å². The van der Waals surface area contributed by atoms with Gasteiger partial charge in [-0.2, -0.15) is 0 Å². The van der Waals surface area contributed by atoms with Crippen molar-refractivity contribution in [3.63, 3.8) is 0 Å². The van der Waals surface area contributed by atoms with Gasteiger partial charge < -0.3 is 9.31 Å². The van der Waals surface area contributed by atoms with Crippen molar-refractivity contribution >= 4 is 55.6 Å². The molecule has 2 aromatic rings. The van der Waals surface area contributed by atoms with Crippen LogP contribution in [0.1, 0.15) is 27.7 Å². The summed E-state index contributed by atoms with van der Waals surface area (Å²) in [7, 11) is -4.80. The second kappa shape index (κ2) is 6.59. The Balaban J connectivity index is 1.92. The lowest BCUT2D eigenvalue weighted by Crippen LogP contribution is -2.41. The Morgan fingerprint density at radius 1 is 1.12 bits per heavy atom. The molecule has 0 bridgehead atoms. The summed E-state index contributed by atoms with van der Waals surface area (Å²) in [5.74, 6) is -0.717. The van der Waals surface area contributed by atoms with Crippen LogP contribution < -0.4 is 10.2 Å². The maximum atomic E-state index is 15.0. The van der Waals surface area contributed by atoms with Crippen LogP contribution in [0, 0.1) is 5.82 Å². The van der Waals surface area contributed by atoms with Crippen LogP contribution in [0.4, 0.5) is 10.1 Å². The van der Waals surface area contributed by atoms with E-state index in [0.717, 1.165) is 11.3 Å².